The lowest BCUT2D eigenvalue weighted by molar-refractivity contribution is -0.106. The lowest BCUT2D eigenvalue weighted by atomic mass is 9.57. The molecular formula is C21H34IN3O2. The molecule has 1 aliphatic heterocycles. The van der Waals surface area contributed by atoms with E-state index in [9.17, 15) is 0 Å². The van der Waals surface area contributed by atoms with Gasteiger partial charge in [0.2, 0.25) is 0 Å². The van der Waals surface area contributed by atoms with E-state index in [1.807, 2.05) is 25.2 Å². The first-order valence-corrected chi connectivity index (χ1v) is 9.58. The molecule has 6 heteroatoms. The standard InChI is InChI=1S/C21H33N3O2.HI/c1-20(2,3)26-16-10-8-7-9-14(16)13-23-19(22-6)24-17-15-11-12-25-18(15)21(17,4)5;/h7-10,15,17-18H,11-13H2,1-6H3,(H2,22,23,24);1H. The molecule has 0 radical (unpaired) electrons. The molecule has 0 amide bonds. The molecule has 1 saturated heterocycles. The van der Waals surface area contributed by atoms with Crippen LogP contribution in [0.4, 0.5) is 0 Å². The van der Waals surface area contributed by atoms with Crippen molar-refractivity contribution >= 4 is 29.9 Å². The van der Waals surface area contributed by atoms with E-state index in [1.54, 1.807) is 0 Å². The molecule has 5 nitrogen and oxygen atoms in total. The van der Waals surface area contributed by atoms with Gasteiger partial charge in [-0.3, -0.25) is 4.99 Å². The van der Waals surface area contributed by atoms with Crippen LogP contribution in [-0.2, 0) is 11.3 Å². The first-order chi connectivity index (χ1) is 12.2. The minimum Gasteiger partial charge on any atom is -0.488 e. The number of hydrogen-bond donors (Lipinski definition) is 2. The molecule has 1 aromatic carbocycles. The van der Waals surface area contributed by atoms with Crippen LogP contribution in [0.25, 0.3) is 0 Å². The number of nitrogens with one attached hydrogen (secondary N) is 2. The molecule has 2 N–H and O–H groups in total. The summed E-state index contributed by atoms with van der Waals surface area (Å²) in [5, 5.41) is 7.07. The van der Waals surface area contributed by atoms with Crippen LogP contribution in [0.2, 0.25) is 0 Å². The molecule has 3 rings (SSSR count). The van der Waals surface area contributed by atoms with Crippen molar-refractivity contribution in [2.24, 2.45) is 16.3 Å². The quantitative estimate of drug-likeness (QED) is 0.384. The fourth-order valence-corrected chi connectivity index (χ4v) is 4.22. The highest BCUT2D eigenvalue weighted by molar-refractivity contribution is 14.0. The first-order valence-electron chi connectivity index (χ1n) is 9.58. The summed E-state index contributed by atoms with van der Waals surface area (Å²) in [5.41, 5.74) is 1.04. The third kappa shape index (κ3) is 4.88. The molecule has 1 heterocycles. The van der Waals surface area contributed by atoms with Crippen molar-refractivity contribution in [1.82, 2.24) is 10.6 Å². The van der Waals surface area contributed by atoms with E-state index >= 15 is 0 Å². The third-order valence-corrected chi connectivity index (χ3v) is 5.45. The van der Waals surface area contributed by atoms with E-state index in [0.717, 1.165) is 30.3 Å². The summed E-state index contributed by atoms with van der Waals surface area (Å²) >= 11 is 0. The summed E-state index contributed by atoms with van der Waals surface area (Å²) < 4.78 is 12.0. The van der Waals surface area contributed by atoms with Crippen molar-refractivity contribution in [3.63, 3.8) is 0 Å². The summed E-state index contributed by atoms with van der Waals surface area (Å²) in [6, 6.07) is 8.55. The minimum atomic E-state index is -0.219. The highest BCUT2D eigenvalue weighted by atomic mass is 127. The number of para-hydroxylation sites is 1. The van der Waals surface area contributed by atoms with Crippen molar-refractivity contribution in [2.45, 2.75) is 65.3 Å². The molecule has 1 aromatic rings. The van der Waals surface area contributed by atoms with Crippen LogP contribution in [0.1, 0.15) is 46.6 Å². The maximum Gasteiger partial charge on any atom is 0.191 e. The molecule has 1 saturated carbocycles. The van der Waals surface area contributed by atoms with Gasteiger partial charge in [0.25, 0.3) is 0 Å². The summed E-state index contributed by atoms with van der Waals surface area (Å²) in [5.74, 6) is 2.33. The number of hydrogen-bond acceptors (Lipinski definition) is 3. The summed E-state index contributed by atoms with van der Waals surface area (Å²) in [7, 11) is 1.82. The van der Waals surface area contributed by atoms with E-state index in [2.05, 4.69) is 56.3 Å². The third-order valence-electron chi connectivity index (χ3n) is 5.45. The molecule has 0 bridgehead atoms. The Labute approximate surface area is 180 Å². The van der Waals surface area contributed by atoms with Gasteiger partial charge < -0.3 is 20.1 Å². The van der Waals surface area contributed by atoms with Crippen LogP contribution in [0, 0.1) is 11.3 Å². The van der Waals surface area contributed by atoms with E-state index < -0.39 is 0 Å². The molecule has 3 atom stereocenters. The molecule has 152 valence electrons. The Bertz CT molecular complexity index is 670. The molecule has 2 aliphatic rings. The second-order valence-corrected chi connectivity index (χ2v) is 8.94. The lowest BCUT2D eigenvalue weighted by Crippen LogP contribution is -2.67. The summed E-state index contributed by atoms with van der Waals surface area (Å²) in [6.45, 7) is 12.3. The van der Waals surface area contributed by atoms with Crippen molar-refractivity contribution in [3.8, 4) is 5.75 Å². The molecule has 0 spiro atoms. The second kappa shape index (κ2) is 8.55. The van der Waals surface area contributed by atoms with E-state index in [4.69, 9.17) is 9.47 Å². The van der Waals surface area contributed by atoms with Gasteiger partial charge in [0, 0.05) is 43.1 Å². The zero-order chi connectivity index (χ0) is 18.9. The van der Waals surface area contributed by atoms with Crippen LogP contribution in [0.3, 0.4) is 0 Å². The van der Waals surface area contributed by atoms with Crippen molar-refractivity contribution in [2.75, 3.05) is 13.7 Å². The smallest absolute Gasteiger partial charge is 0.191 e. The predicted molar refractivity (Wildman–Crippen MR) is 121 cm³/mol. The highest BCUT2D eigenvalue weighted by Crippen LogP contribution is 2.52. The maximum atomic E-state index is 6.09. The Balaban J connectivity index is 0.00000261. The number of nitrogens with zero attached hydrogens (tertiary/aromatic N) is 1. The van der Waals surface area contributed by atoms with Gasteiger partial charge in [0.05, 0.1) is 6.10 Å². The molecular weight excluding hydrogens is 453 g/mol. The SMILES string of the molecule is CN=C(NCc1ccccc1OC(C)(C)C)NC1C2CCOC2C1(C)C.I. The van der Waals surface area contributed by atoms with Crippen LogP contribution in [-0.4, -0.2) is 37.4 Å². The Morgan fingerprint density at radius 1 is 1.30 bits per heavy atom. The van der Waals surface area contributed by atoms with Gasteiger partial charge in [0.1, 0.15) is 11.4 Å². The van der Waals surface area contributed by atoms with E-state index in [1.165, 1.54) is 0 Å². The average molecular weight is 487 g/mol. The Morgan fingerprint density at radius 3 is 2.67 bits per heavy atom. The van der Waals surface area contributed by atoms with Gasteiger partial charge in [-0.15, -0.1) is 24.0 Å². The van der Waals surface area contributed by atoms with Crippen molar-refractivity contribution in [1.29, 1.82) is 0 Å². The van der Waals surface area contributed by atoms with Gasteiger partial charge in [0.15, 0.2) is 5.96 Å². The normalized spacial score (nSPS) is 26.4. The predicted octanol–water partition coefficient (Wildman–Crippen LogP) is 3.96. The largest absolute Gasteiger partial charge is 0.488 e. The molecule has 3 unspecified atom stereocenters. The maximum absolute atomic E-state index is 6.09. The fourth-order valence-electron chi connectivity index (χ4n) is 4.22. The lowest BCUT2D eigenvalue weighted by Gasteiger charge is -2.54. The van der Waals surface area contributed by atoms with Crippen LogP contribution < -0.4 is 15.4 Å². The number of ether oxygens (including phenoxy) is 2. The zero-order valence-corrected chi connectivity index (χ0v) is 19.7. The van der Waals surface area contributed by atoms with Gasteiger partial charge in [-0.1, -0.05) is 32.0 Å². The Morgan fingerprint density at radius 2 is 2.00 bits per heavy atom. The zero-order valence-electron chi connectivity index (χ0n) is 17.3. The van der Waals surface area contributed by atoms with Crippen LogP contribution in [0.5, 0.6) is 5.75 Å². The summed E-state index contributed by atoms with van der Waals surface area (Å²) in [4.78, 5) is 4.42. The van der Waals surface area contributed by atoms with Gasteiger partial charge in [-0.05, 0) is 33.3 Å². The minimum absolute atomic E-state index is 0. The van der Waals surface area contributed by atoms with Crippen molar-refractivity contribution in [3.05, 3.63) is 29.8 Å². The number of rotatable bonds is 4. The molecule has 27 heavy (non-hydrogen) atoms. The number of benzene rings is 1. The number of guanidine groups is 1. The molecule has 1 aliphatic carbocycles. The van der Waals surface area contributed by atoms with Gasteiger partial charge in [-0.2, -0.15) is 0 Å². The number of aliphatic imine (C=N–C) groups is 1. The highest BCUT2D eigenvalue weighted by Gasteiger charge is 2.59. The molecule has 0 aromatic heterocycles. The van der Waals surface area contributed by atoms with Crippen LogP contribution >= 0.6 is 24.0 Å². The first kappa shape index (κ1) is 22.3. The van der Waals surface area contributed by atoms with Gasteiger partial charge in [-0.25, -0.2) is 0 Å². The summed E-state index contributed by atoms with van der Waals surface area (Å²) in [6.07, 6.45) is 1.50. The topological polar surface area (TPSA) is 54.9 Å². The van der Waals surface area contributed by atoms with Crippen molar-refractivity contribution < 1.29 is 9.47 Å². The van der Waals surface area contributed by atoms with E-state index in [-0.39, 0.29) is 35.0 Å². The fraction of sp³-hybridized carbons (Fsp3) is 0.667. The van der Waals surface area contributed by atoms with E-state index in [0.29, 0.717) is 24.6 Å². The average Bonchev–Trinajstić information content (AvgIpc) is 3.02. The number of halogens is 1. The number of fused-ring (bicyclic) bond motifs is 1. The molecule has 2 fully saturated rings. The Hall–Kier alpha value is -1.02. The Kier molecular flexibility index (Phi) is 7.06. The van der Waals surface area contributed by atoms with Crippen LogP contribution in [0.15, 0.2) is 29.3 Å². The second-order valence-electron chi connectivity index (χ2n) is 8.94. The van der Waals surface area contributed by atoms with Gasteiger partial charge >= 0.3 is 0 Å². The monoisotopic (exact) mass is 487 g/mol.